The van der Waals surface area contributed by atoms with E-state index >= 15 is 0 Å². The Hall–Kier alpha value is -1.23. The first-order valence-electron chi connectivity index (χ1n) is 4.65. The minimum Gasteiger partial charge on any atom is -0.399 e. The topological polar surface area (TPSA) is 72.2 Å². The van der Waals surface area contributed by atoms with Crippen molar-refractivity contribution in [2.75, 3.05) is 29.6 Å². The molecule has 3 N–H and O–H groups in total. The van der Waals surface area contributed by atoms with Gasteiger partial charge < -0.3 is 11.1 Å². The Kier molecular flexibility index (Phi) is 3.57. The van der Waals surface area contributed by atoms with Crippen LogP contribution in [-0.4, -0.2) is 27.0 Å². The van der Waals surface area contributed by atoms with Crippen molar-refractivity contribution in [1.29, 1.82) is 0 Å². The number of nitrogens with two attached hydrogens (primary N) is 1. The number of nitrogen functional groups attached to an aromatic ring is 1. The molecule has 4 nitrogen and oxygen atoms in total. The Morgan fingerprint density at radius 2 is 2.00 bits per heavy atom. The number of hydrogen-bond acceptors (Lipinski definition) is 4. The molecule has 0 saturated carbocycles. The quantitative estimate of drug-likeness (QED) is 0.755. The number of sulfone groups is 1. The van der Waals surface area contributed by atoms with E-state index in [1.54, 1.807) is 6.07 Å². The zero-order chi connectivity index (χ0) is 11.5. The largest absolute Gasteiger partial charge is 0.399 e. The highest BCUT2D eigenvalue weighted by molar-refractivity contribution is 7.90. The van der Waals surface area contributed by atoms with Crippen molar-refractivity contribution in [3.05, 3.63) is 23.8 Å². The molecule has 0 bridgehead atoms. The minimum absolute atomic E-state index is 0.126. The average molecular weight is 228 g/mol. The van der Waals surface area contributed by atoms with E-state index in [0.717, 1.165) is 11.3 Å². The van der Waals surface area contributed by atoms with Crippen molar-refractivity contribution in [2.24, 2.45) is 0 Å². The van der Waals surface area contributed by atoms with Crippen LogP contribution in [0.1, 0.15) is 5.56 Å². The van der Waals surface area contributed by atoms with E-state index in [4.69, 9.17) is 5.73 Å². The van der Waals surface area contributed by atoms with Crippen LogP contribution in [0.2, 0.25) is 0 Å². The molecule has 0 heterocycles. The summed E-state index contributed by atoms with van der Waals surface area (Å²) in [5, 5.41) is 3.02. The Bertz CT molecular complexity index is 420. The van der Waals surface area contributed by atoms with Gasteiger partial charge >= 0.3 is 0 Å². The molecule has 0 fully saturated rings. The predicted octanol–water partition coefficient (Wildman–Crippen LogP) is 1.03. The monoisotopic (exact) mass is 228 g/mol. The lowest BCUT2D eigenvalue weighted by Crippen LogP contribution is -2.14. The first-order valence-corrected chi connectivity index (χ1v) is 6.72. The highest BCUT2D eigenvalue weighted by Crippen LogP contribution is 2.15. The molecule has 0 atom stereocenters. The third-order valence-electron chi connectivity index (χ3n) is 1.90. The van der Waals surface area contributed by atoms with Crippen LogP contribution in [0.15, 0.2) is 18.2 Å². The normalized spacial score (nSPS) is 11.3. The molecule has 0 aliphatic heterocycles. The predicted molar refractivity (Wildman–Crippen MR) is 63.8 cm³/mol. The van der Waals surface area contributed by atoms with Gasteiger partial charge in [-0.25, -0.2) is 8.42 Å². The summed E-state index contributed by atoms with van der Waals surface area (Å²) in [6.45, 7) is 2.35. The lowest BCUT2D eigenvalue weighted by atomic mass is 10.2. The first-order chi connectivity index (χ1) is 6.87. The molecule has 0 amide bonds. The number of rotatable bonds is 4. The van der Waals surface area contributed by atoms with Gasteiger partial charge in [0.25, 0.3) is 0 Å². The standard InChI is InChI=1S/C10H16N2O2S/c1-8-5-9(11)7-10(6-8)12-3-4-15(2,13)14/h5-7,12H,3-4,11H2,1-2H3. The number of nitrogens with one attached hydrogen (secondary N) is 1. The third kappa shape index (κ3) is 4.69. The molecule has 1 aromatic rings. The maximum atomic E-state index is 10.9. The third-order valence-corrected chi connectivity index (χ3v) is 2.85. The van der Waals surface area contributed by atoms with Gasteiger partial charge in [0.2, 0.25) is 0 Å². The molecule has 0 radical (unpaired) electrons. The zero-order valence-electron chi connectivity index (χ0n) is 8.95. The second kappa shape index (κ2) is 4.53. The van der Waals surface area contributed by atoms with Crippen LogP contribution in [0.25, 0.3) is 0 Å². The fourth-order valence-electron chi connectivity index (χ4n) is 1.30. The van der Waals surface area contributed by atoms with Crippen molar-refractivity contribution in [3.8, 4) is 0 Å². The van der Waals surface area contributed by atoms with Crippen LogP contribution < -0.4 is 11.1 Å². The summed E-state index contributed by atoms with van der Waals surface area (Å²) in [7, 11) is -2.91. The van der Waals surface area contributed by atoms with Crippen molar-refractivity contribution in [2.45, 2.75) is 6.92 Å². The number of aryl methyl sites for hydroxylation is 1. The summed E-state index contributed by atoms with van der Waals surface area (Å²) in [5.74, 6) is 0.126. The van der Waals surface area contributed by atoms with E-state index in [1.165, 1.54) is 6.26 Å². The zero-order valence-corrected chi connectivity index (χ0v) is 9.76. The lowest BCUT2D eigenvalue weighted by Gasteiger charge is -2.07. The van der Waals surface area contributed by atoms with E-state index in [2.05, 4.69) is 5.32 Å². The molecule has 1 rings (SSSR count). The van der Waals surface area contributed by atoms with Crippen molar-refractivity contribution < 1.29 is 8.42 Å². The summed E-state index contributed by atoms with van der Waals surface area (Å²) in [6, 6.07) is 5.58. The summed E-state index contributed by atoms with van der Waals surface area (Å²) in [6.07, 6.45) is 1.22. The second-order valence-corrected chi connectivity index (χ2v) is 5.95. The fraction of sp³-hybridized carbons (Fsp3) is 0.400. The van der Waals surface area contributed by atoms with E-state index < -0.39 is 9.84 Å². The summed E-state index contributed by atoms with van der Waals surface area (Å²) in [4.78, 5) is 0. The summed E-state index contributed by atoms with van der Waals surface area (Å²) >= 11 is 0. The fourth-order valence-corrected chi connectivity index (χ4v) is 1.77. The molecule has 0 unspecified atom stereocenters. The van der Waals surface area contributed by atoms with E-state index in [9.17, 15) is 8.42 Å². The van der Waals surface area contributed by atoms with Crippen molar-refractivity contribution in [3.63, 3.8) is 0 Å². The van der Waals surface area contributed by atoms with Gasteiger partial charge in [-0.1, -0.05) is 0 Å². The number of benzene rings is 1. The van der Waals surface area contributed by atoms with Crippen LogP contribution in [0.3, 0.4) is 0 Å². The molecule has 0 spiro atoms. The molecule has 1 aromatic carbocycles. The van der Waals surface area contributed by atoms with Gasteiger partial charge in [0.1, 0.15) is 9.84 Å². The van der Waals surface area contributed by atoms with E-state index in [0.29, 0.717) is 12.2 Å². The summed E-state index contributed by atoms with van der Waals surface area (Å²) in [5.41, 5.74) is 8.25. The first kappa shape index (κ1) is 11.8. The van der Waals surface area contributed by atoms with Crippen LogP contribution in [0.5, 0.6) is 0 Å². The van der Waals surface area contributed by atoms with Gasteiger partial charge in [0.15, 0.2) is 0 Å². The smallest absolute Gasteiger partial charge is 0.149 e. The van der Waals surface area contributed by atoms with E-state index in [-0.39, 0.29) is 5.75 Å². The number of hydrogen-bond donors (Lipinski definition) is 2. The Morgan fingerprint density at radius 1 is 1.33 bits per heavy atom. The molecule has 0 aliphatic carbocycles. The molecule has 0 aromatic heterocycles. The second-order valence-electron chi connectivity index (χ2n) is 3.69. The van der Waals surface area contributed by atoms with Crippen LogP contribution in [-0.2, 0) is 9.84 Å². The molecular weight excluding hydrogens is 212 g/mol. The van der Waals surface area contributed by atoms with Crippen LogP contribution in [0, 0.1) is 6.92 Å². The maximum absolute atomic E-state index is 10.9. The van der Waals surface area contributed by atoms with Crippen LogP contribution >= 0.6 is 0 Å². The molecule has 15 heavy (non-hydrogen) atoms. The van der Waals surface area contributed by atoms with Gasteiger partial charge in [-0.05, 0) is 30.7 Å². The minimum atomic E-state index is -2.91. The molecule has 5 heteroatoms. The Labute approximate surface area is 90.4 Å². The molecular formula is C10H16N2O2S. The molecule has 84 valence electrons. The molecule has 0 aliphatic rings. The highest BCUT2D eigenvalue weighted by atomic mass is 32.2. The average Bonchev–Trinajstić information content (AvgIpc) is 1.99. The van der Waals surface area contributed by atoms with Crippen molar-refractivity contribution in [1.82, 2.24) is 0 Å². The van der Waals surface area contributed by atoms with Gasteiger partial charge in [-0.15, -0.1) is 0 Å². The highest BCUT2D eigenvalue weighted by Gasteiger charge is 2.01. The van der Waals surface area contributed by atoms with Crippen molar-refractivity contribution >= 4 is 21.2 Å². The molecule has 0 saturated heterocycles. The van der Waals surface area contributed by atoms with E-state index in [1.807, 2.05) is 19.1 Å². The SMILES string of the molecule is Cc1cc(N)cc(NCCS(C)(=O)=O)c1. The number of anilines is 2. The Balaban J connectivity index is 2.58. The maximum Gasteiger partial charge on any atom is 0.149 e. The van der Waals surface area contributed by atoms with Gasteiger partial charge in [-0.3, -0.25) is 0 Å². The lowest BCUT2D eigenvalue weighted by molar-refractivity contribution is 0.602. The van der Waals surface area contributed by atoms with Gasteiger partial charge in [0, 0.05) is 24.2 Å². The summed E-state index contributed by atoms with van der Waals surface area (Å²) < 4.78 is 21.8. The Morgan fingerprint density at radius 3 is 2.53 bits per heavy atom. The van der Waals surface area contributed by atoms with Gasteiger partial charge in [-0.2, -0.15) is 0 Å². The van der Waals surface area contributed by atoms with Crippen LogP contribution in [0.4, 0.5) is 11.4 Å². The van der Waals surface area contributed by atoms with Gasteiger partial charge in [0.05, 0.1) is 5.75 Å².